The number of ether oxygens (including phenoxy) is 1. The van der Waals surface area contributed by atoms with Crippen molar-refractivity contribution in [1.82, 2.24) is 31.1 Å². The normalized spacial score (nSPS) is 15.0. The van der Waals surface area contributed by atoms with E-state index in [9.17, 15) is 33.6 Å². The molecule has 2 radical (unpaired) electrons. The SMILES string of the molecule is [B]C(=O)CCN(C)C(=O)OCc1ccc(NC(=O)[C@H](CCCNC(N)=O)NC(=O)[C@@H](NC(=S)NCCCCN2C(=O)CC(C(CC)CC)C2=O)C(C)C)cc1. The minimum atomic E-state index is -0.983. The molecule has 16 nitrogen and oxygen atoms in total. The summed E-state index contributed by atoms with van der Waals surface area (Å²) >= 11 is 5.47. The maximum absolute atomic E-state index is 13.6. The van der Waals surface area contributed by atoms with Gasteiger partial charge in [0.25, 0.3) is 0 Å². The molecule has 7 N–H and O–H groups in total. The number of urea groups is 1. The molecule has 1 aliphatic heterocycles. The Hall–Kier alpha value is -4.74. The van der Waals surface area contributed by atoms with Gasteiger partial charge in [0.2, 0.25) is 23.6 Å². The number of benzene rings is 1. The summed E-state index contributed by atoms with van der Waals surface area (Å²) in [6.07, 6.45) is 3.15. The number of carbonyl (C=O) groups is 7. The van der Waals surface area contributed by atoms with Crippen LogP contribution in [-0.2, 0) is 35.3 Å². The Bertz CT molecular complexity index is 1490. The number of nitrogens with two attached hydrogens (primary N) is 1. The summed E-state index contributed by atoms with van der Waals surface area (Å²) in [4.78, 5) is 89.3. The molecule has 0 aliphatic carbocycles. The lowest BCUT2D eigenvalue weighted by atomic mass is 9.87. The van der Waals surface area contributed by atoms with E-state index in [0.29, 0.717) is 43.6 Å². The molecule has 1 saturated heterocycles. The Morgan fingerprint density at radius 3 is 2.24 bits per heavy atom. The third kappa shape index (κ3) is 16.3. The van der Waals surface area contributed by atoms with Gasteiger partial charge in [0.1, 0.15) is 18.7 Å². The third-order valence-electron chi connectivity index (χ3n) is 9.42. The summed E-state index contributed by atoms with van der Waals surface area (Å²) in [5.41, 5.74) is 5.72. The van der Waals surface area contributed by atoms with Crippen LogP contribution in [0.25, 0.3) is 0 Å². The lowest BCUT2D eigenvalue weighted by molar-refractivity contribution is -0.140. The van der Waals surface area contributed by atoms with E-state index in [1.54, 1.807) is 24.3 Å². The van der Waals surface area contributed by atoms with Gasteiger partial charge >= 0.3 is 12.1 Å². The highest BCUT2D eigenvalue weighted by Crippen LogP contribution is 2.31. The molecule has 1 unspecified atom stereocenters. The van der Waals surface area contributed by atoms with Crippen LogP contribution in [-0.4, -0.2) is 110 Å². The minimum absolute atomic E-state index is 0.0117. The topological polar surface area (TPSA) is 221 Å². The largest absolute Gasteiger partial charge is 0.445 e. The Labute approximate surface area is 330 Å². The number of thiocarbonyl (C=S) groups is 1. The van der Waals surface area contributed by atoms with Crippen molar-refractivity contribution in [3.8, 4) is 0 Å². The van der Waals surface area contributed by atoms with Crippen LogP contribution in [0.4, 0.5) is 15.3 Å². The van der Waals surface area contributed by atoms with E-state index < -0.39 is 41.7 Å². The molecule has 1 heterocycles. The molecule has 0 aromatic heterocycles. The molecule has 0 bridgehead atoms. The average Bonchev–Trinajstić information content (AvgIpc) is 3.41. The van der Waals surface area contributed by atoms with Gasteiger partial charge in [-0.05, 0) is 67.4 Å². The summed E-state index contributed by atoms with van der Waals surface area (Å²) in [5, 5.41) is 14.5. The first-order valence-corrected chi connectivity index (χ1v) is 19.3. The Morgan fingerprint density at radius 1 is 0.982 bits per heavy atom. The van der Waals surface area contributed by atoms with Crippen molar-refractivity contribution in [2.75, 3.05) is 38.5 Å². The Morgan fingerprint density at radius 2 is 1.64 bits per heavy atom. The molecule has 7 amide bonds. The zero-order valence-corrected chi connectivity index (χ0v) is 33.4. The van der Waals surface area contributed by atoms with E-state index in [0.717, 1.165) is 12.8 Å². The monoisotopic (exact) mass is 784 g/mol. The van der Waals surface area contributed by atoms with Gasteiger partial charge in [-0.2, -0.15) is 0 Å². The summed E-state index contributed by atoms with van der Waals surface area (Å²) in [6, 6.07) is 4.10. The molecule has 1 aromatic carbocycles. The number of amides is 7. The van der Waals surface area contributed by atoms with Gasteiger partial charge in [-0.25, -0.2) is 9.59 Å². The molecular weight excluding hydrogens is 727 g/mol. The van der Waals surface area contributed by atoms with Crippen molar-refractivity contribution in [3.05, 3.63) is 29.8 Å². The second kappa shape index (κ2) is 23.9. The van der Waals surface area contributed by atoms with Gasteiger partial charge in [0.15, 0.2) is 13.0 Å². The number of imide groups is 1. The van der Waals surface area contributed by atoms with Crippen molar-refractivity contribution >= 4 is 72.3 Å². The maximum atomic E-state index is 13.6. The van der Waals surface area contributed by atoms with Crippen molar-refractivity contribution in [2.24, 2.45) is 23.5 Å². The molecule has 0 saturated carbocycles. The average molecular weight is 785 g/mol. The van der Waals surface area contributed by atoms with E-state index in [1.165, 1.54) is 16.8 Å². The van der Waals surface area contributed by atoms with Crippen molar-refractivity contribution in [2.45, 2.75) is 97.8 Å². The number of hydrogen-bond donors (Lipinski definition) is 6. The number of anilines is 1. The molecule has 55 heavy (non-hydrogen) atoms. The lowest BCUT2D eigenvalue weighted by Crippen LogP contribution is -2.56. The second-order valence-corrected chi connectivity index (χ2v) is 14.4. The van der Waals surface area contributed by atoms with E-state index >= 15 is 0 Å². The predicted molar refractivity (Wildman–Crippen MR) is 213 cm³/mol. The van der Waals surface area contributed by atoms with E-state index in [1.807, 2.05) is 27.7 Å². The summed E-state index contributed by atoms with van der Waals surface area (Å²) in [5.74, 6) is -1.40. The molecular formula is C37H57BN8O8S. The van der Waals surface area contributed by atoms with Crippen LogP contribution < -0.4 is 32.3 Å². The van der Waals surface area contributed by atoms with Gasteiger partial charge in [0.05, 0.1) is 11.6 Å². The van der Waals surface area contributed by atoms with Crippen LogP contribution in [0.2, 0.25) is 0 Å². The summed E-state index contributed by atoms with van der Waals surface area (Å²) in [6.45, 7) is 8.84. The van der Waals surface area contributed by atoms with Gasteiger partial charge < -0.3 is 46.7 Å². The van der Waals surface area contributed by atoms with Gasteiger partial charge in [-0.1, -0.05) is 52.7 Å². The fraction of sp³-hybridized carbons (Fsp3) is 0.622. The van der Waals surface area contributed by atoms with Crippen LogP contribution in [0.5, 0.6) is 0 Å². The first-order valence-electron chi connectivity index (χ1n) is 18.9. The van der Waals surface area contributed by atoms with Crippen LogP contribution in [0.1, 0.15) is 84.6 Å². The smallest absolute Gasteiger partial charge is 0.409 e. The number of likely N-dealkylation sites (tertiary alicyclic amines) is 1. The van der Waals surface area contributed by atoms with Crippen molar-refractivity contribution in [1.29, 1.82) is 0 Å². The number of carbonyl (C=O) groups excluding carboxylic acids is 7. The number of rotatable bonds is 23. The standard InChI is InChI=1S/C37H57BN8O8S/c1-6-25(7-2)27-21-30(48)46(34(27)51)19-9-8-17-41-36(55)44-31(23(3)4)33(50)43-28(11-10-18-40-35(39)52)32(49)42-26-14-12-24(13-15-26)22-54-37(53)45(5)20-16-29(38)47/h12-15,23,25,27-28,31H,6-11,16-22H2,1-5H3,(H,42,49)(H,43,50)(H3,39,40,52)(H2,41,44,55)/t27?,28-,31-/m0/s1. The zero-order valence-electron chi connectivity index (χ0n) is 32.6. The van der Waals surface area contributed by atoms with E-state index in [-0.39, 0.29) is 73.6 Å². The first-order chi connectivity index (χ1) is 26.1. The van der Waals surface area contributed by atoms with Crippen LogP contribution >= 0.6 is 12.2 Å². The highest BCUT2D eigenvalue weighted by molar-refractivity contribution is 7.80. The van der Waals surface area contributed by atoms with Crippen LogP contribution in [0.3, 0.4) is 0 Å². The molecule has 1 aliphatic rings. The second-order valence-electron chi connectivity index (χ2n) is 14.0. The quantitative estimate of drug-likeness (QED) is 0.0409. The number of primary amides is 1. The number of unbranched alkanes of at least 4 members (excludes halogenated alkanes) is 1. The van der Waals surface area contributed by atoms with Crippen molar-refractivity contribution in [3.63, 3.8) is 0 Å². The fourth-order valence-electron chi connectivity index (χ4n) is 6.08. The third-order valence-corrected chi connectivity index (χ3v) is 9.68. The number of hydrogen-bond acceptors (Lipinski definition) is 9. The summed E-state index contributed by atoms with van der Waals surface area (Å²) < 4.78 is 5.26. The fourth-order valence-corrected chi connectivity index (χ4v) is 6.31. The molecule has 0 spiro atoms. The Kier molecular flexibility index (Phi) is 20.2. The van der Waals surface area contributed by atoms with Gasteiger partial charge in [0, 0.05) is 51.8 Å². The number of nitrogens with zero attached hydrogens (tertiary/aromatic N) is 2. The van der Waals surface area contributed by atoms with Crippen LogP contribution in [0.15, 0.2) is 24.3 Å². The Balaban J connectivity index is 1.94. The minimum Gasteiger partial charge on any atom is -0.445 e. The molecule has 3 atom stereocenters. The molecule has 1 fully saturated rings. The van der Waals surface area contributed by atoms with Crippen LogP contribution in [0, 0.1) is 17.8 Å². The lowest BCUT2D eigenvalue weighted by Gasteiger charge is -2.26. The molecule has 1 aromatic rings. The zero-order chi connectivity index (χ0) is 41.1. The molecule has 18 heteroatoms. The molecule has 2 rings (SSSR count). The predicted octanol–water partition coefficient (Wildman–Crippen LogP) is 2.29. The van der Waals surface area contributed by atoms with Crippen molar-refractivity contribution < 1.29 is 38.3 Å². The first kappa shape index (κ1) is 46.4. The summed E-state index contributed by atoms with van der Waals surface area (Å²) in [7, 11) is 6.61. The van der Waals surface area contributed by atoms with Gasteiger partial charge in [-0.3, -0.25) is 24.1 Å². The van der Waals surface area contributed by atoms with Gasteiger partial charge in [-0.15, -0.1) is 0 Å². The number of nitrogens with one attached hydrogen (secondary N) is 5. The van der Waals surface area contributed by atoms with E-state index in [4.69, 9.17) is 30.5 Å². The highest BCUT2D eigenvalue weighted by atomic mass is 32.1. The molecule has 302 valence electrons. The van der Waals surface area contributed by atoms with E-state index in [2.05, 4.69) is 26.6 Å². The highest BCUT2D eigenvalue weighted by Gasteiger charge is 2.41. The maximum Gasteiger partial charge on any atom is 0.409 e.